The van der Waals surface area contributed by atoms with E-state index in [1.165, 1.54) is 32.1 Å². The van der Waals surface area contributed by atoms with Crippen molar-refractivity contribution < 1.29 is 8.94 Å². The van der Waals surface area contributed by atoms with Gasteiger partial charge in [-0.3, -0.25) is 4.90 Å². The van der Waals surface area contributed by atoms with E-state index in [0.717, 1.165) is 30.6 Å². The summed E-state index contributed by atoms with van der Waals surface area (Å²) in [5.74, 6) is 2.23. The van der Waals surface area contributed by atoms with Crippen molar-refractivity contribution >= 4 is 0 Å². The molecule has 2 aromatic rings. The number of likely N-dealkylation sites (tertiary alicyclic amines) is 1. The SMILES string of the molecule is c1cc(-c2noc(CN3CCCC3C3CCC3)n2)co1. The molecule has 106 valence electrons. The lowest BCUT2D eigenvalue weighted by Crippen LogP contribution is -2.38. The fourth-order valence-corrected chi connectivity index (χ4v) is 3.41. The Morgan fingerprint density at radius 3 is 2.95 bits per heavy atom. The molecule has 1 unspecified atom stereocenters. The third-order valence-corrected chi connectivity index (χ3v) is 4.69. The summed E-state index contributed by atoms with van der Waals surface area (Å²) < 4.78 is 10.4. The van der Waals surface area contributed by atoms with E-state index in [9.17, 15) is 0 Å². The van der Waals surface area contributed by atoms with Gasteiger partial charge in [0, 0.05) is 6.04 Å². The highest BCUT2D eigenvalue weighted by atomic mass is 16.5. The van der Waals surface area contributed by atoms with E-state index in [1.54, 1.807) is 12.5 Å². The van der Waals surface area contributed by atoms with Gasteiger partial charge in [-0.1, -0.05) is 11.6 Å². The van der Waals surface area contributed by atoms with Crippen LogP contribution >= 0.6 is 0 Å². The van der Waals surface area contributed by atoms with Gasteiger partial charge in [-0.25, -0.2) is 0 Å². The molecule has 1 saturated heterocycles. The summed E-state index contributed by atoms with van der Waals surface area (Å²) in [6.07, 6.45) is 10.1. The topological polar surface area (TPSA) is 55.3 Å². The summed E-state index contributed by atoms with van der Waals surface area (Å²) in [7, 11) is 0. The molecule has 0 spiro atoms. The van der Waals surface area contributed by atoms with Crippen LogP contribution in [0.4, 0.5) is 0 Å². The van der Waals surface area contributed by atoms with E-state index in [4.69, 9.17) is 8.94 Å². The first-order valence-electron chi connectivity index (χ1n) is 7.49. The van der Waals surface area contributed by atoms with Crippen LogP contribution in [0.25, 0.3) is 11.4 Å². The van der Waals surface area contributed by atoms with Crippen molar-refractivity contribution in [2.75, 3.05) is 6.54 Å². The zero-order chi connectivity index (χ0) is 13.4. The number of aromatic nitrogens is 2. The standard InChI is InChI=1S/C15H19N3O2/c1-3-11(4-1)13-5-2-7-18(13)9-14-16-15(17-20-14)12-6-8-19-10-12/h6,8,10-11,13H,1-5,7,9H2. The molecule has 5 heteroatoms. The summed E-state index contributed by atoms with van der Waals surface area (Å²) >= 11 is 0. The molecule has 0 aromatic carbocycles. The van der Waals surface area contributed by atoms with Crippen molar-refractivity contribution in [1.29, 1.82) is 0 Å². The third-order valence-electron chi connectivity index (χ3n) is 4.69. The van der Waals surface area contributed by atoms with Crippen LogP contribution in [-0.4, -0.2) is 27.6 Å². The van der Waals surface area contributed by atoms with Crippen LogP contribution in [0.2, 0.25) is 0 Å². The molecular formula is C15H19N3O2. The Hall–Kier alpha value is -1.62. The van der Waals surface area contributed by atoms with E-state index >= 15 is 0 Å². The second-order valence-corrected chi connectivity index (χ2v) is 5.89. The predicted octanol–water partition coefficient (Wildman–Crippen LogP) is 3.09. The summed E-state index contributed by atoms with van der Waals surface area (Å²) in [5.41, 5.74) is 0.872. The van der Waals surface area contributed by atoms with Crippen molar-refractivity contribution in [1.82, 2.24) is 15.0 Å². The van der Waals surface area contributed by atoms with E-state index in [0.29, 0.717) is 11.7 Å². The molecule has 3 heterocycles. The maximum Gasteiger partial charge on any atom is 0.241 e. The monoisotopic (exact) mass is 273 g/mol. The smallest absolute Gasteiger partial charge is 0.241 e. The Balaban J connectivity index is 1.46. The van der Waals surface area contributed by atoms with Gasteiger partial charge in [0.2, 0.25) is 11.7 Å². The van der Waals surface area contributed by atoms with Crippen molar-refractivity contribution in [2.45, 2.75) is 44.7 Å². The Morgan fingerprint density at radius 1 is 1.25 bits per heavy atom. The molecule has 0 N–H and O–H groups in total. The zero-order valence-electron chi connectivity index (χ0n) is 11.5. The lowest BCUT2D eigenvalue weighted by Gasteiger charge is -2.36. The Bertz CT molecular complexity index is 559. The summed E-state index contributed by atoms with van der Waals surface area (Å²) in [6.45, 7) is 1.94. The molecule has 0 amide bonds. The Kier molecular flexibility index (Phi) is 3.07. The van der Waals surface area contributed by atoms with Crippen molar-refractivity contribution in [3.63, 3.8) is 0 Å². The molecule has 1 saturated carbocycles. The maximum atomic E-state index is 5.39. The Labute approximate surface area is 118 Å². The first kappa shape index (κ1) is 12.1. The molecule has 2 aliphatic rings. The number of furan rings is 1. The van der Waals surface area contributed by atoms with Crippen molar-refractivity contribution in [2.24, 2.45) is 5.92 Å². The average Bonchev–Trinajstić information content (AvgIpc) is 3.09. The van der Waals surface area contributed by atoms with Gasteiger partial charge >= 0.3 is 0 Å². The molecule has 1 aliphatic carbocycles. The first-order valence-corrected chi connectivity index (χ1v) is 7.49. The fraction of sp³-hybridized carbons (Fsp3) is 0.600. The van der Waals surface area contributed by atoms with Crippen molar-refractivity contribution in [3.05, 3.63) is 24.5 Å². The molecule has 0 radical (unpaired) electrons. The summed E-state index contributed by atoms with van der Waals surface area (Å²) in [6, 6.07) is 2.58. The van der Waals surface area contributed by atoms with Gasteiger partial charge in [-0.2, -0.15) is 4.98 Å². The minimum absolute atomic E-state index is 0.619. The lowest BCUT2D eigenvalue weighted by atomic mass is 9.79. The molecule has 1 atom stereocenters. The second kappa shape index (κ2) is 5.05. The van der Waals surface area contributed by atoms with Gasteiger partial charge in [0.05, 0.1) is 18.4 Å². The van der Waals surface area contributed by atoms with Crippen LogP contribution in [0.5, 0.6) is 0 Å². The third kappa shape index (κ3) is 2.16. The highest BCUT2D eigenvalue weighted by Crippen LogP contribution is 2.37. The lowest BCUT2D eigenvalue weighted by molar-refractivity contribution is 0.115. The highest BCUT2D eigenvalue weighted by molar-refractivity contribution is 5.51. The van der Waals surface area contributed by atoms with Gasteiger partial charge in [0.25, 0.3) is 0 Å². The van der Waals surface area contributed by atoms with E-state index in [2.05, 4.69) is 15.0 Å². The predicted molar refractivity (Wildman–Crippen MR) is 72.8 cm³/mol. The van der Waals surface area contributed by atoms with Gasteiger partial charge in [0.1, 0.15) is 6.26 Å². The van der Waals surface area contributed by atoms with Crippen LogP contribution in [0, 0.1) is 5.92 Å². The summed E-state index contributed by atoms with van der Waals surface area (Å²) in [4.78, 5) is 7.00. The Morgan fingerprint density at radius 2 is 2.20 bits per heavy atom. The van der Waals surface area contributed by atoms with E-state index < -0.39 is 0 Å². The number of hydrogen-bond acceptors (Lipinski definition) is 5. The number of hydrogen-bond donors (Lipinski definition) is 0. The van der Waals surface area contributed by atoms with E-state index in [-0.39, 0.29) is 0 Å². The van der Waals surface area contributed by atoms with Crippen LogP contribution in [-0.2, 0) is 6.54 Å². The van der Waals surface area contributed by atoms with Gasteiger partial charge in [-0.05, 0) is 44.2 Å². The average molecular weight is 273 g/mol. The van der Waals surface area contributed by atoms with Crippen LogP contribution in [0.15, 0.2) is 27.5 Å². The molecule has 2 aromatic heterocycles. The minimum atomic E-state index is 0.619. The number of rotatable bonds is 4. The highest BCUT2D eigenvalue weighted by Gasteiger charge is 2.35. The van der Waals surface area contributed by atoms with E-state index in [1.807, 2.05) is 6.07 Å². The molecular weight excluding hydrogens is 254 g/mol. The quantitative estimate of drug-likeness (QED) is 0.856. The van der Waals surface area contributed by atoms with Crippen LogP contribution < -0.4 is 0 Å². The first-order chi connectivity index (χ1) is 9.90. The minimum Gasteiger partial charge on any atom is -0.472 e. The molecule has 2 fully saturated rings. The molecule has 1 aliphatic heterocycles. The molecule has 0 bridgehead atoms. The largest absolute Gasteiger partial charge is 0.472 e. The van der Waals surface area contributed by atoms with Gasteiger partial charge < -0.3 is 8.94 Å². The van der Waals surface area contributed by atoms with Crippen molar-refractivity contribution in [3.8, 4) is 11.4 Å². The maximum absolute atomic E-state index is 5.39. The fourth-order valence-electron chi connectivity index (χ4n) is 3.41. The number of nitrogens with zero attached hydrogens (tertiary/aromatic N) is 3. The zero-order valence-corrected chi connectivity index (χ0v) is 11.5. The van der Waals surface area contributed by atoms with Gasteiger partial charge in [-0.15, -0.1) is 0 Å². The molecule has 4 rings (SSSR count). The molecule has 20 heavy (non-hydrogen) atoms. The molecule has 5 nitrogen and oxygen atoms in total. The van der Waals surface area contributed by atoms with Crippen LogP contribution in [0.3, 0.4) is 0 Å². The normalized spacial score (nSPS) is 24.1. The summed E-state index contributed by atoms with van der Waals surface area (Å²) in [5, 5.41) is 4.03. The second-order valence-electron chi connectivity index (χ2n) is 5.89. The van der Waals surface area contributed by atoms with Crippen LogP contribution in [0.1, 0.15) is 38.0 Å². The van der Waals surface area contributed by atoms with Gasteiger partial charge in [0.15, 0.2) is 0 Å².